The molecule has 0 aliphatic carbocycles. The predicted octanol–water partition coefficient (Wildman–Crippen LogP) is 11.2. The Balaban J connectivity index is 1.50. The van der Waals surface area contributed by atoms with Gasteiger partial charge in [-0.3, -0.25) is 9.59 Å². The van der Waals surface area contributed by atoms with Crippen LogP contribution in [0.2, 0.25) is 0 Å². The van der Waals surface area contributed by atoms with Crippen LogP contribution < -0.4 is 10.6 Å². The molecule has 3 rings (SSSR count). The summed E-state index contributed by atoms with van der Waals surface area (Å²) in [4.78, 5) is 38.7. The number of aliphatic hydroxyl groups excluding tert-OH is 11. The molecular formula is C79H150N2O21. The average molecular weight is 1460 g/mol. The lowest BCUT2D eigenvalue weighted by Crippen LogP contribution is -2.70. The maximum Gasteiger partial charge on any atom is 0.364 e. The highest BCUT2D eigenvalue weighted by atomic mass is 16.8. The molecular weight excluding hydrogens is 1310 g/mol. The van der Waals surface area contributed by atoms with Gasteiger partial charge in [-0.2, -0.15) is 0 Å². The smallest absolute Gasteiger partial charge is 0.364 e. The SMILES string of the molecule is CCCCCCCCCCCCCCCCCCCCCCCCCCC(=O)NC(COC1OC(CO)C(OC2OC(CO)C(O)C(OC3(C(=O)O)CC(O)C(NC(C)=O)C(C(O)C(O)CO)O3)C2O)C(O)C1O)C(O)CCCCCCCCCCCCCCCCCCCCCCCCCC. The van der Waals surface area contributed by atoms with E-state index >= 15 is 0 Å². The molecule has 18 atom stereocenters. The highest BCUT2D eigenvalue weighted by Crippen LogP contribution is 2.39. The van der Waals surface area contributed by atoms with Crippen molar-refractivity contribution in [3.63, 3.8) is 0 Å². The van der Waals surface area contributed by atoms with Gasteiger partial charge in [0.1, 0.15) is 67.1 Å². The van der Waals surface area contributed by atoms with E-state index in [0.29, 0.717) is 19.3 Å². The fraction of sp³-hybridized carbons (Fsp3) is 0.962. The number of amides is 2. The molecule has 0 bridgehead atoms. The lowest BCUT2D eigenvalue weighted by Gasteiger charge is -2.50. The van der Waals surface area contributed by atoms with E-state index in [1.165, 1.54) is 250 Å². The second-order valence-electron chi connectivity index (χ2n) is 30.4. The number of rotatable bonds is 66. The van der Waals surface area contributed by atoms with Crippen molar-refractivity contribution in [3.8, 4) is 0 Å². The van der Waals surface area contributed by atoms with E-state index in [0.717, 1.165) is 51.9 Å². The lowest BCUT2D eigenvalue weighted by molar-refractivity contribution is -0.386. The number of aliphatic hydroxyl groups is 11. The van der Waals surface area contributed by atoms with Crippen molar-refractivity contribution in [2.45, 2.75) is 458 Å². The molecule has 0 aromatic rings. The maximum atomic E-state index is 13.6. The summed E-state index contributed by atoms with van der Waals surface area (Å²) in [5, 5.41) is 137. The van der Waals surface area contributed by atoms with E-state index < -0.39 is 148 Å². The van der Waals surface area contributed by atoms with Gasteiger partial charge in [-0.25, -0.2) is 4.79 Å². The summed E-state index contributed by atoms with van der Waals surface area (Å²) in [6, 6.07) is -2.53. The van der Waals surface area contributed by atoms with Gasteiger partial charge in [0.05, 0.1) is 50.7 Å². The third-order valence-corrected chi connectivity index (χ3v) is 21.3. The second kappa shape index (κ2) is 58.7. The van der Waals surface area contributed by atoms with Crippen LogP contribution >= 0.6 is 0 Å². The highest BCUT2D eigenvalue weighted by Gasteiger charge is 2.60. The van der Waals surface area contributed by atoms with Gasteiger partial charge in [0.25, 0.3) is 5.79 Å². The van der Waals surface area contributed by atoms with Crippen molar-refractivity contribution in [2.24, 2.45) is 0 Å². The first kappa shape index (κ1) is 93.9. The molecule has 102 heavy (non-hydrogen) atoms. The number of carbonyl (C=O) groups excluding carboxylic acids is 2. The Morgan fingerprint density at radius 3 is 1.23 bits per heavy atom. The normalized spacial score (nSPS) is 26.6. The van der Waals surface area contributed by atoms with Gasteiger partial charge in [-0.1, -0.05) is 316 Å². The molecule has 0 radical (unpaired) electrons. The van der Waals surface area contributed by atoms with Crippen LogP contribution in [-0.2, 0) is 42.8 Å². The molecule has 0 aromatic heterocycles. The summed E-state index contributed by atoms with van der Waals surface area (Å²) in [7, 11) is 0. The van der Waals surface area contributed by atoms with Crippen molar-refractivity contribution in [2.75, 3.05) is 26.4 Å². The molecule has 2 amide bonds. The minimum Gasteiger partial charge on any atom is -0.477 e. The molecule has 0 aromatic carbocycles. The highest BCUT2D eigenvalue weighted by molar-refractivity contribution is 5.77. The number of ether oxygens (including phenoxy) is 6. The third-order valence-electron chi connectivity index (χ3n) is 21.3. The van der Waals surface area contributed by atoms with Crippen LogP contribution in [0, 0.1) is 0 Å². The first-order valence-electron chi connectivity index (χ1n) is 41.4. The van der Waals surface area contributed by atoms with Gasteiger partial charge in [-0.15, -0.1) is 0 Å². The Morgan fingerprint density at radius 2 is 0.853 bits per heavy atom. The number of hydrogen-bond acceptors (Lipinski definition) is 20. The van der Waals surface area contributed by atoms with E-state index in [2.05, 4.69) is 24.5 Å². The fourth-order valence-corrected chi connectivity index (χ4v) is 14.8. The minimum atomic E-state index is -3.08. The van der Waals surface area contributed by atoms with Gasteiger partial charge in [0, 0.05) is 19.8 Å². The summed E-state index contributed by atoms with van der Waals surface area (Å²) >= 11 is 0. The zero-order chi connectivity index (χ0) is 74.6. The third kappa shape index (κ3) is 38.7. The van der Waals surface area contributed by atoms with Crippen molar-refractivity contribution in [3.05, 3.63) is 0 Å². The van der Waals surface area contributed by atoms with Crippen LogP contribution in [0.15, 0.2) is 0 Å². The minimum absolute atomic E-state index is 0.230. The summed E-state index contributed by atoms with van der Waals surface area (Å²) < 4.78 is 35.0. The number of aliphatic carboxylic acids is 1. The van der Waals surface area contributed by atoms with Crippen LogP contribution in [0.25, 0.3) is 0 Å². The van der Waals surface area contributed by atoms with E-state index in [4.69, 9.17) is 28.4 Å². The second-order valence-corrected chi connectivity index (χ2v) is 30.4. The van der Waals surface area contributed by atoms with Crippen LogP contribution in [0.5, 0.6) is 0 Å². The summed E-state index contributed by atoms with van der Waals surface area (Å²) in [6.45, 7) is 2.28. The molecule has 3 saturated heterocycles. The molecule has 0 spiro atoms. The van der Waals surface area contributed by atoms with Gasteiger partial charge < -0.3 is 100 Å². The standard InChI is InChI=1S/C79H150N2O21/c1-4-6-8-10-12-14-16-18-20-22-24-26-28-30-32-34-36-38-40-42-44-46-48-50-52-61(86)60(81-66(89)53-51-49-47-45-43-41-39-37-35-33-31-29-27-25-23-21-19-17-15-13-11-9-7-5-2)58-97-76-71(93)70(92)73(65(57-84)99-76)100-77-72(94)75(69(91)64(56-83)98-77)102-79(78(95)96)54-62(87)67(80-59(3)85)74(101-79)68(90)63(88)55-82/h60-65,67-77,82-84,86-88,90-94H,4-58H2,1-3H3,(H,80,85)(H,81,89)(H,95,96). The zero-order valence-corrected chi connectivity index (χ0v) is 63.7. The quantitative estimate of drug-likeness (QED) is 0.0252. The Kier molecular flexibility index (Phi) is 54.1. The molecule has 3 heterocycles. The first-order chi connectivity index (χ1) is 49.4. The Labute approximate surface area is 614 Å². The van der Waals surface area contributed by atoms with Gasteiger partial charge in [-0.05, 0) is 12.8 Å². The number of hydrogen-bond donors (Lipinski definition) is 14. The topological polar surface area (TPSA) is 373 Å². The molecule has 0 saturated carbocycles. The number of nitrogens with one attached hydrogen (secondary N) is 2. The van der Waals surface area contributed by atoms with Crippen LogP contribution in [0.1, 0.15) is 348 Å². The summed E-state index contributed by atoms with van der Waals surface area (Å²) in [6.07, 6.45) is 32.4. The number of unbranched alkanes of at least 4 members (excludes halogenated alkanes) is 46. The van der Waals surface area contributed by atoms with Gasteiger partial charge in [0.15, 0.2) is 12.6 Å². The van der Waals surface area contributed by atoms with Crippen molar-refractivity contribution < 1.29 is 104 Å². The Morgan fingerprint density at radius 1 is 0.471 bits per heavy atom. The molecule has 14 N–H and O–H groups in total. The van der Waals surface area contributed by atoms with E-state index in [1.807, 2.05) is 0 Å². The van der Waals surface area contributed by atoms with Crippen molar-refractivity contribution in [1.29, 1.82) is 0 Å². The van der Waals surface area contributed by atoms with Crippen molar-refractivity contribution in [1.82, 2.24) is 10.6 Å². The average Bonchev–Trinajstić information content (AvgIpc) is 0.755. The fourth-order valence-electron chi connectivity index (χ4n) is 14.8. The largest absolute Gasteiger partial charge is 0.477 e. The van der Waals surface area contributed by atoms with Gasteiger partial charge in [0.2, 0.25) is 11.8 Å². The molecule has 23 heteroatoms. The van der Waals surface area contributed by atoms with Crippen LogP contribution in [0.4, 0.5) is 0 Å². The molecule has 602 valence electrons. The van der Waals surface area contributed by atoms with Crippen LogP contribution in [-0.4, -0.2) is 215 Å². The Hall–Kier alpha value is -2.27. The number of carboxylic acids is 1. The first-order valence-corrected chi connectivity index (χ1v) is 41.4. The summed E-state index contributed by atoms with van der Waals surface area (Å²) in [5.74, 6) is -6.09. The summed E-state index contributed by atoms with van der Waals surface area (Å²) in [5.41, 5.74) is 0. The van der Waals surface area contributed by atoms with Crippen molar-refractivity contribution >= 4 is 17.8 Å². The maximum absolute atomic E-state index is 13.6. The molecule has 3 aliphatic rings. The van der Waals surface area contributed by atoms with Gasteiger partial charge >= 0.3 is 5.97 Å². The number of carboxylic acid groups (broad SMARTS) is 1. The van der Waals surface area contributed by atoms with E-state index in [1.54, 1.807) is 0 Å². The predicted molar refractivity (Wildman–Crippen MR) is 394 cm³/mol. The molecule has 18 unspecified atom stereocenters. The molecule has 23 nitrogen and oxygen atoms in total. The molecule has 3 aliphatic heterocycles. The molecule has 3 fully saturated rings. The Bertz CT molecular complexity index is 2040. The lowest BCUT2D eigenvalue weighted by atomic mass is 9.88. The zero-order valence-electron chi connectivity index (χ0n) is 63.7. The van der Waals surface area contributed by atoms with E-state index in [-0.39, 0.29) is 18.9 Å². The van der Waals surface area contributed by atoms with E-state index in [9.17, 15) is 75.7 Å². The monoisotopic (exact) mass is 1460 g/mol. The number of carbonyl (C=O) groups is 3. The van der Waals surface area contributed by atoms with Crippen LogP contribution in [0.3, 0.4) is 0 Å².